The fraction of sp³-hybridized carbons (Fsp3) is 0. The summed E-state index contributed by atoms with van der Waals surface area (Å²) in [5, 5.41) is 0. The zero-order valence-corrected chi connectivity index (χ0v) is 11.8. The van der Waals surface area contributed by atoms with E-state index in [1.54, 1.807) is 0 Å². The van der Waals surface area contributed by atoms with Gasteiger partial charge in [0.15, 0.2) is 0 Å². The van der Waals surface area contributed by atoms with Gasteiger partial charge in [0, 0.05) is 0 Å². The Morgan fingerprint density at radius 1 is 0.909 bits per heavy atom. The fourth-order valence-corrected chi connectivity index (χ4v) is 1.47. The van der Waals surface area contributed by atoms with Crippen LogP contribution in [0.3, 0.4) is 0 Å². The third-order valence-electron chi connectivity index (χ3n) is 0.258. The summed E-state index contributed by atoms with van der Waals surface area (Å²) in [6.45, 7) is 0. The average Bonchev–Trinajstić information content (AvgIpc) is 1.14. The summed E-state index contributed by atoms with van der Waals surface area (Å²) in [4.78, 5) is 53.3. The van der Waals surface area contributed by atoms with Gasteiger partial charge in [0.05, 0.1) is 0 Å². The molecule has 0 aliphatic carbocycles. The minimum Gasteiger partial charge on any atom is -0.862 e. The standard InChI is InChI=1S/2Ca.H2O7Si2/c;;1-8(2,3)7-9(4,5)6/h;;1-2H/q2*+2;-4. The van der Waals surface area contributed by atoms with Crippen LogP contribution in [0.1, 0.15) is 0 Å². The van der Waals surface area contributed by atoms with Crippen LogP contribution in [0, 0.1) is 0 Å². The molecule has 0 saturated heterocycles. The molecule has 0 rings (SSSR count). The van der Waals surface area contributed by atoms with Gasteiger partial charge in [-0.1, -0.05) is 0 Å². The van der Waals surface area contributed by atoms with E-state index in [1.165, 1.54) is 0 Å². The van der Waals surface area contributed by atoms with E-state index in [0.29, 0.717) is 0 Å². The SMILES string of the molecule is [Ca+2].[Ca+2].[O-][Si]([O-])([O-])O[Si]([O-])(O)O. The monoisotopic (exact) mass is 250 g/mol. The van der Waals surface area contributed by atoms with Gasteiger partial charge in [0.2, 0.25) is 0 Å². The molecule has 11 heavy (non-hydrogen) atoms. The number of hydrogen-bond acceptors (Lipinski definition) is 7. The van der Waals surface area contributed by atoms with E-state index in [0.717, 1.165) is 0 Å². The summed E-state index contributed by atoms with van der Waals surface area (Å²) in [7, 11) is -11.2. The molecule has 7 nitrogen and oxygen atoms in total. The van der Waals surface area contributed by atoms with Crippen molar-refractivity contribution in [3.8, 4) is 0 Å². The summed E-state index contributed by atoms with van der Waals surface area (Å²) < 4.78 is 2.79. The summed E-state index contributed by atoms with van der Waals surface area (Å²) >= 11 is 0. The smallest absolute Gasteiger partial charge is 0.862 e. The second-order valence-electron chi connectivity index (χ2n) is 1.15. The van der Waals surface area contributed by atoms with Crippen molar-refractivity contribution in [2.75, 3.05) is 0 Å². The van der Waals surface area contributed by atoms with Crippen molar-refractivity contribution in [1.82, 2.24) is 0 Å². The first-order valence-electron chi connectivity index (χ1n) is 1.67. The summed E-state index contributed by atoms with van der Waals surface area (Å²) in [6, 6.07) is 0. The van der Waals surface area contributed by atoms with Crippen molar-refractivity contribution in [1.29, 1.82) is 0 Å². The minimum absolute atomic E-state index is 0. The van der Waals surface area contributed by atoms with Crippen LogP contribution in [0.5, 0.6) is 0 Å². The Balaban J connectivity index is -0.000000320. The summed E-state index contributed by atoms with van der Waals surface area (Å²) in [5.74, 6) is 0. The third kappa shape index (κ3) is 19.2. The van der Waals surface area contributed by atoms with E-state index in [4.69, 9.17) is 9.59 Å². The van der Waals surface area contributed by atoms with Crippen LogP contribution in [0.2, 0.25) is 0 Å². The predicted octanol–water partition coefficient (Wildman–Crippen LogP) is -7.46. The molecule has 0 aromatic carbocycles. The molecule has 0 amide bonds. The molecule has 0 spiro atoms. The van der Waals surface area contributed by atoms with Gasteiger partial charge >= 0.3 is 84.5 Å². The van der Waals surface area contributed by atoms with Gasteiger partial charge in [-0.25, -0.2) is 0 Å². The Morgan fingerprint density at radius 3 is 1.18 bits per heavy atom. The molecule has 11 heteroatoms. The molecule has 2 N–H and O–H groups in total. The topological polar surface area (TPSA) is 142 Å². The van der Waals surface area contributed by atoms with Crippen LogP contribution in [0.4, 0.5) is 0 Å². The van der Waals surface area contributed by atoms with Crippen molar-refractivity contribution < 1.29 is 32.9 Å². The normalized spacial score (nSPS) is 11.5. The second kappa shape index (κ2) is 7.03. The molecule has 56 valence electrons. The van der Waals surface area contributed by atoms with Crippen LogP contribution in [0.25, 0.3) is 0 Å². The Labute approximate surface area is 124 Å². The maximum Gasteiger partial charge on any atom is 2.00 e. The molecule has 0 unspecified atom stereocenters. The van der Waals surface area contributed by atoms with Crippen LogP contribution >= 0.6 is 0 Å². The van der Waals surface area contributed by atoms with Gasteiger partial charge in [-0.3, -0.25) is 0 Å². The molecule has 0 aromatic rings. The summed E-state index contributed by atoms with van der Waals surface area (Å²) in [5.41, 5.74) is 0. The molecule has 0 heterocycles. The number of hydrogen-bond donors (Lipinski definition) is 2. The maximum absolute atomic E-state index is 9.58. The molecule has 0 aliphatic heterocycles. The first-order chi connectivity index (χ1) is 3.71. The quantitative estimate of drug-likeness (QED) is 0.463. The molecule has 0 fully saturated rings. The van der Waals surface area contributed by atoms with Crippen molar-refractivity contribution in [2.24, 2.45) is 0 Å². The van der Waals surface area contributed by atoms with Crippen LogP contribution in [0.15, 0.2) is 0 Å². The maximum atomic E-state index is 9.58. The second-order valence-corrected chi connectivity index (χ2v) is 4.06. The molecule has 0 aliphatic rings. The molecule has 0 radical (unpaired) electrons. The van der Waals surface area contributed by atoms with Crippen molar-refractivity contribution >= 4 is 93.6 Å². The molecule has 0 aromatic heterocycles. The van der Waals surface area contributed by atoms with Crippen molar-refractivity contribution in [3.05, 3.63) is 0 Å². The zero-order valence-electron chi connectivity index (χ0n) is 5.35. The van der Waals surface area contributed by atoms with Gasteiger partial charge in [-0.2, -0.15) is 0 Å². The van der Waals surface area contributed by atoms with Gasteiger partial charge in [0.1, 0.15) is 0 Å². The van der Waals surface area contributed by atoms with Crippen molar-refractivity contribution in [2.45, 2.75) is 0 Å². The minimum atomic E-state index is -5.79. The fourth-order valence-electron chi connectivity index (χ4n) is 0.163. The summed E-state index contributed by atoms with van der Waals surface area (Å²) in [6.07, 6.45) is 0. The Bertz CT molecular complexity index is 79.6. The number of rotatable bonds is 2. The van der Waals surface area contributed by atoms with E-state index in [-0.39, 0.29) is 75.5 Å². The zero-order chi connectivity index (χ0) is 7.71. The molecular formula is H2Ca2O7Si2. The first-order valence-corrected chi connectivity index (χ1v) is 5.02. The first kappa shape index (κ1) is 19.3. The van der Waals surface area contributed by atoms with E-state index < -0.39 is 18.1 Å². The van der Waals surface area contributed by atoms with E-state index in [2.05, 4.69) is 4.12 Å². The molecule has 0 saturated carbocycles. The van der Waals surface area contributed by atoms with Crippen LogP contribution in [-0.2, 0) is 4.12 Å². The van der Waals surface area contributed by atoms with Crippen molar-refractivity contribution in [3.63, 3.8) is 0 Å². The van der Waals surface area contributed by atoms with Gasteiger partial charge in [-0.15, -0.1) is 9.05 Å². The van der Waals surface area contributed by atoms with E-state index in [9.17, 15) is 19.2 Å². The molecule has 0 atom stereocenters. The van der Waals surface area contributed by atoms with Crippen LogP contribution in [-0.4, -0.2) is 103 Å². The molecule has 0 bridgehead atoms. The average molecular weight is 250 g/mol. The Hall–Kier alpha value is 2.67. The van der Waals surface area contributed by atoms with Crippen LogP contribution < -0.4 is 19.2 Å². The van der Waals surface area contributed by atoms with Gasteiger partial charge in [0.25, 0.3) is 0 Å². The largest absolute Gasteiger partial charge is 2.00 e. The van der Waals surface area contributed by atoms with Gasteiger partial charge < -0.3 is 32.9 Å². The Kier molecular flexibility index (Phi) is 12.3. The van der Waals surface area contributed by atoms with Gasteiger partial charge in [-0.05, 0) is 0 Å². The molecular weight excluding hydrogens is 248 g/mol. The predicted molar refractivity (Wildman–Crippen MR) is 28.5 cm³/mol. The Morgan fingerprint density at radius 2 is 1.18 bits per heavy atom. The third-order valence-corrected chi connectivity index (χ3v) is 2.32. The van der Waals surface area contributed by atoms with E-state index in [1.807, 2.05) is 0 Å². The van der Waals surface area contributed by atoms with E-state index >= 15 is 0 Å².